The highest BCUT2D eigenvalue weighted by molar-refractivity contribution is 5.58. The van der Waals surface area contributed by atoms with Crippen LogP contribution in [0.4, 0.5) is 0 Å². The van der Waals surface area contributed by atoms with Gasteiger partial charge in [0.05, 0.1) is 12.1 Å². The van der Waals surface area contributed by atoms with Crippen molar-refractivity contribution in [3.63, 3.8) is 0 Å². The summed E-state index contributed by atoms with van der Waals surface area (Å²) in [5.74, 6) is 1.32. The molecule has 1 unspecified atom stereocenters. The zero-order valence-electron chi connectivity index (χ0n) is 15.0. The number of ether oxygens (including phenoxy) is 1. The Labute approximate surface area is 148 Å². The van der Waals surface area contributed by atoms with Crippen LogP contribution in [0.2, 0.25) is 0 Å². The summed E-state index contributed by atoms with van der Waals surface area (Å²) >= 11 is 0. The summed E-state index contributed by atoms with van der Waals surface area (Å²) in [4.78, 5) is 6.98. The monoisotopic (exact) mass is 345 g/mol. The van der Waals surface area contributed by atoms with E-state index in [0.717, 1.165) is 37.1 Å². The van der Waals surface area contributed by atoms with E-state index < -0.39 is 0 Å². The number of rotatable bonds is 7. The largest absolute Gasteiger partial charge is 0.396 e. The summed E-state index contributed by atoms with van der Waals surface area (Å²) in [6.07, 6.45) is 2.99. The van der Waals surface area contributed by atoms with Gasteiger partial charge in [0.25, 0.3) is 0 Å². The number of piperidine rings is 1. The molecule has 1 fully saturated rings. The van der Waals surface area contributed by atoms with Gasteiger partial charge in [-0.3, -0.25) is 4.90 Å². The minimum atomic E-state index is 0.101. The molecular weight excluding hydrogens is 318 g/mol. The minimum Gasteiger partial charge on any atom is -0.396 e. The Morgan fingerprint density at radius 1 is 1.32 bits per heavy atom. The number of likely N-dealkylation sites (tertiary alicyclic amines) is 1. The highest BCUT2D eigenvalue weighted by atomic mass is 16.5. The van der Waals surface area contributed by atoms with Crippen molar-refractivity contribution in [2.45, 2.75) is 45.3 Å². The van der Waals surface area contributed by atoms with Crippen LogP contribution in [-0.4, -0.2) is 52.6 Å². The zero-order valence-corrected chi connectivity index (χ0v) is 15.0. The van der Waals surface area contributed by atoms with E-state index in [9.17, 15) is 0 Å². The quantitative estimate of drug-likeness (QED) is 0.778. The van der Waals surface area contributed by atoms with Crippen molar-refractivity contribution in [1.82, 2.24) is 15.0 Å². The highest BCUT2D eigenvalue weighted by Crippen LogP contribution is 2.27. The summed E-state index contributed by atoms with van der Waals surface area (Å²) in [5, 5.41) is 13.0. The maximum absolute atomic E-state index is 8.83. The summed E-state index contributed by atoms with van der Waals surface area (Å²) in [7, 11) is 0. The lowest BCUT2D eigenvalue weighted by Gasteiger charge is -2.34. The number of hydrogen-bond donors (Lipinski definition) is 1. The fourth-order valence-corrected chi connectivity index (χ4v) is 3.24. The molecule has 136 valence electrons. The first-order valence-corrected chi connectivity index (χ1v) is 9.05. The van der Waals surface area contributed by atoms with Crippen LogP contribution < -0.4 is 0 Å². The van der Waals surface area contributed by atoms with Gasteiger partial charge < -0.3 is 14.4 Å². The summed E-state index contributed by atoms with van der Waals surface area (Å²) in [6.45, 7) is 6.90. The average Bonchev–Trinajstić information content (AvgIpc) is 3.12. The molecule has 25 heavy (non-hydrogen) atoms. The number of aromatic nitrogens is 2. The molecule has 0 aliphatic carbocycles. The van der Waals surface area contributed by atoms with Crippen LogP contribution in [0, 0.1) is 6.92 Å². The van der Waals surface area contributed by atoms with Crippen LogP contribution in [0.15, 0.2) is 28.8 Å². The van der Waals surface area contributed by atoms with Gasteiger partial charge in [-0.25, -0.2) is 0 Å². The maximum Gasteiger partial charge on any atom is 0.244 e. The SMILES string of the molecule is Cc1ccccc1-c1noc(C(C)N2CCC(OCCCO)CC2)n1. The van der Waals surface area contributed by atoms with Gasteiger partial charge >= 0.3 is 0 Å². The fraction of sp³-hybridized carbons (Fsp3) is 0.579. The van der Waals surface area contributed by atoms with Crippen LogP contribution in [-0.2, 0) is 4.74 Å². The molecule has 3 rings (SSSR count). The van der Waals surface area contributed by atoms with Crippen LogP contribution in [0.5, 0.6) is 0 Å². The average molecular weight is 345 g/mol. The van der Waals surface area contributed by atoms with E-state index in [1.807, 2.05) is 18.2 Å². The van der Waals surface area contributed by atoms with Gasteiger partial charge in [-0.15, -0.1) is 0 Å². The predicted molar refractivity (Wildman–Crippen MR) is 95.1 cm³/mol. The van der Waals surface area contributed by atoms with E-state index in [4.69, 9.17) is 14.4 Å². The van der Waals surface area contributed by atoms with Crippen LogP contribution in [0.25, 0.3) is 11.4 Å². The van der Waals surface area contributed by atoms with Gasteiger partial charge in [0.2, 0.25) is 11.7 Å². The molecule has 0 bridgehead atoms. The number of nitrogens with zero attached hydrogens (tertiary/aromatic N) is 3. The van der Waals surface area contributed by atoms with Crippen molar-refractivity contribution in [2.75, 3.05) is 26.3 Å². The predicted octanol–water partition coefficient (Wildman–Crippen LogP) is 2.97. The van der Waals surface area contributed by atoms with E-state index in [1.54, 1.807) is 0 Å². The van der Waals surface area contributed by atoms with Crippen molar-refractivity contribution in [1.29, 1.82) is 0 Å². The summed E-state index contributed by atoms with van der Waals surface area (Å²) < 4.78 is 11.3. The second-order valence-corrected chi connectivity index (χ2v) is 6.63. The molecule has 1 atom stereocenters. The Balaban J connectivity index is 1.58. The topological polar surface area (TPSA) is 71.6 Å². The first-order valence-electron chi connectivity index (χ1n) is 9.05. The van der Waals surface area contributed by atoms with Gasteiger partial charge in [0.1, 0.15) is 0 Å². The third kappa shape index (κ3) is 4.45. The number of hydrogen-bond acceptors (Lipinski definition) is 6. The van der Waals surface area contributed by atoms with E-state index in [2.05, 4.69) is 35.0 Å². The van der Waals surface area contributed by atoms with Crippen molar-refractivity contribution < 1.29 is 14.4 Å². The van der Waals surface area contributed by atoms with Crippen molar-refractivity contribution >= 4 is 0 Å². The molecule has 6 nitrogen and oxygen atoms in total. The molecule has 1 aromatic heterocycles. The van der Waals surface area contributed by atoms with Gasteiger partial charge in [-0.2, -0.15) is 4.98 Å². The lowest BCUT2D eigenvalue weighted by Crippen LogP contribution is -2.38. The van der Waals surface area contributed by atoms with Crippen LogP contribution in [0.1, 0.15) is 43.7 Å². The standard InChI is InChI=1S/C19H27N3O3/c1-14-6-3-4-7-17(14)18-20-19(25-21-18)15(2)22-10-8-16(9-11-22)24-13-5-12-23/h3-4,6-7,15-16,23H,5,8-13H2,1-2H3. The third-order valence-corrected chi connectivity index (χ3v) is 4.87. The number of aryl methyl sites for hydroxylation is 1. The molecule has 1 aromatic carbocycles. The highest BCUT2D eigenvalue weighted by Gasteiger charge is 2.27. The minimum absolute atomic E-state index is 0.101. The molecule has 6 heteroatoms. The lowest BCUT2D eigenvalue weighted by molar-refractivity contribution is -0.00786. The van der Waals surface area contributed by atoms with Crippen molar-refractivity contribution in [2.24, 2.45) is 0 Å². The smallest absolute Gasteiger partial charge is 0.244 e. The van der Waals surface area contributed by atoms with E-state index >= 15 is 0 Å². The van der Waals surface area contributed by atoms with Crippen molar-refractivity contribution in [3.8, 4) is 11.4 Å². The summed E-state index contributed by atoms with van der Waals surface area (Å²) in [5.41, 5.74) is 2.16. The molecule has 0 spiro atoms. The number of aliphatic hydroxyl groups is 1. The molecule has 2 heterocycles. The number of benzene rings is 1. The van der Waals surface area contributed by atoms with E-state index in [1.165, 1.54) is 0 Å². The van der Waals surface area contributed by atoms with Gasteiger partial charge in [0, 0.05) is 31.9 Å². The molecule has 0 amide bonds. The van der Waals surface area contributed by atoms with Gasteiger partial charge in [0.15, 0.2) is 0 Å². The normalized spacial score (nSPS) is 17.7. The summed E-state index contributed by atoms with van der Waals surface area (Å²) in [6, 6.07) is 8.17. The lowest BCUT2D eigenvalue weighted by atomic mass is 10.1. The zero-order chi connectivity index (χ0) is 17.6. The Hall–Kier alpha value is -1.76. The third-order valence-electron chi connectivity index (χ3n) is 4.87. The number of aliphatic hydroxyl groups excluding tert-OH is 1. The molecule has 1 aliphatic rings. The van der Waals surface area contributed by atoms with E-state index in [0.29, 0.717) is 30.8 Å². The Kier molecular flexibility index (Phi) is 6.18. The van der Waals surface area contributed by atoms with Gasteiger partial charge in [-0.1, -0.05) is 29.4 Å². The second-order valence-electron chi connectivity index (χ2n) is 6.63. The Bertz CT molecular complexity index is 665. The van der Waals surface area contributed by atoms with Crippen LogP contribution in [0.3, 0.4) is 0 Å². The first-order chi connectivity index (χ1) is 12.2. The Morgan fingerprint density at radius 3 is 2.80 bits per heavy atom. The molecule has 1 aliphatic heterocycles. The molecule has 1 N–H and O–H groups in total. The molecule has 0 saturated carbocycles. The fourth-order valence-electron chi connectivity index (χ4n) is 3.24. The van der Waals surface area contributed by atoms with E-state index in [-0.39, 0.29) is 12.6 Å². The molecule has 1 saturated heterocycles. The molecular formula is C19H27N3O3. The Morgan fingerprint density at radius 2 is 2.08 bits per heavy atom. The van der Waals surface area contributed by atoms with Crippen molar-refractivity contribution in [3.05, 3.63) is 35.7 Å². The molecule has 2 aromatic rings. The van der Waals surface area contributed by atoms with Gasteiger partial charge in [-0.05, 0) is 38.7 Å². The first kappa shape index (κ1) is 18.0. The maximum atomic E-state index is 8.83. The second kappa shape index (κ2) is 8.56. The molecule has 0 radical (unpaired) electrons. The van der Waals surface area contributed by atoms with Crippen LogP contribution >= 0.6 is 0 Å².